The number of carbonyl (C=O) groups is 2. The Labute approximate surface area is 184 Å². The summed E-state index contributed by atoms with van der Waals surface area (Å²) in [6, 6.07) is 12.3. The van der Waals surface area contributed by atoms with Crippen molar-refractivity contribution in [3.8, 4) is 11.3 Å². The highest BCUT2D eigenvalue weighted by Gasteiger charge is 2.09. The van der Waals surface area contributed by atoms with E-state index in [9.17, 15) is 9.59 Å². The minimum Gasteiger partial charge on any atom is -0.462 e. The molecule has 1 amide bonds. The number of ether oxygens (including phenoxy) is 1. The van der Waals surface area contributed by atoms with Crippen molar-refractivity contribution in [2.45, 2.75) is 25.9 Å². The number of hydrogen-bond acceptors (Lipinski definition) is 8. The number of hydrazone groups is 1. The Morgan fingerprint density at radius 2 is 1.84 bits per heavy atom. The predicted octanol–water partition coefficient (Wildman–Crippen LogP) is 3.77. The monoisotopic (exact) mass is 438 g/mol. The van der Waals surface area contributed by atoms with Gasteiger partial charge >= 0.3 is 5.97 Å². The van der Waals surface area contributed by atoms with Gasteiger partial charge in [-0.05, 0) is 51.1 Å². The molecule has 8 nitrogen and oxygen atoms in total. The molecule has 0 atom stereocenters. The summed E-state index contributed by atoms with van der Waals surface area (Å²) in [7, 11) is 0. The molecule has 0 aliphatic rings. The third-order valence-electron chi connectivity index (χ3n) is 3.98. The van der Waals surface area contributed by atoms with Crippen LogP contribution >= 0.6 is 11.8 Å². The van der Waals surface area contributed by atoms with Crippen molar-refractivity contribution in [2.24, 2.45) is 5.10 Å². The zero-order valence-electron chi connectivity index (χ0n) is 17.4. The lowest BCUT2D eigenvalue weighted by Crippen LogP contribution is -2.19. The van der Waals surface area contributed by atoms with Crippen LogP contribution in [0.5, 0.6) is 0 Å². The van der Waals surface area contributed by atoms with E-state index in [1.807, 2.05) is 19.9 Å². The van der Waals surface area contributed by atoms with Crippen molar-refractivity contribution in [1.29, 1.82) is 0 Å². The summed E-state index contributed by atoms with van der Waals surface area (Å²) in [5.74, 6) is 0.613. The molecule has 0 radical (unpaired) electrons. The lowest BCUT2D eigenvalue weighted by atomic mass is 10.1. The quantitative estimate of drug-likeness (QED) is 0.188. The van der Waals surface area contributed by atoms with Crippen LogP contribution in [0.15, 0.2) is 57.1 Å². The standard InChI is InChI=1S/C22H22N4O4S/c1-4-29-21(28)17-7-5-16(6-8-17)19-10-9-18(30-19)12-23-26-20(27)13-31-22-24-14(2)11-15(3)25-22/h5-12H,4,13H2,1-3H3,(H,26,27)/b23-12+. The Bertz CT molecular complexity index is 1070. The molecule has 0 fully saturated rings. The summed E-state index contributed by atoms with van der Waals surface area (Å²) in [5.41, 5.74) is 5.46. The number of nitrogens with one attached hydrogen (secondary N) is 1. The molecule has 3 aromatic rings. The van der Waals surface area contributed by atoms with Crippen LogP contribution in [0.1, 0.15) is 34.4 Å². The topological polar surface area (TPSA) is 107 Å². The number of esters is 1. The van der Waals surface area contributed by atoms with Crippen molar-refractivity contribution in [3.63, 3.8) is 0 Å². The van der Waals surface area contributed by atoms with Gasteiger partial charge in [-0.2, -0.15) is 5.10 Å². The van der Waals surface area contributed by atoms with Gasteiger partial charge in [-0.15, -0.1) is 0 Å². The molecular formula is C22H22N4O4S. The molecule has 0 saturated carbocycles. The molecule has 0 saturated heterocycles. The highest BCUT2D eigenvalue weighted by molar-refractivity contribution is 7.99. The minimum absolute atomic E-state index is 0.149. The summed E-state index contributed by atoms with van der Waals surface area (Å²) >= 11 is 1.25. The van der Waals surface area contributed by atoms with E-state index >= 15 is 0 Å². The van der Waals surface area contributed by atoms with E-state index in [-0.39, 0.29) is 17.6 Å². The number of carbonyl (C=O) groups excluding carboxylic acids is 2. The van der Waals surface area contributed by atoms with Crippen molar-refractivity contribution < 1.29 is 18.7 Å². The molecule has 2 heterocycles. The fraction of sp³-hybridized carbons (Fsp3) is 0.227. The second-order valence-corrected chi connectivity index (χ2v) is 7.46. The van der Waals surface area contributed by atoms with Gasteiger partial charge in [0.2, 0.25) is 0 Å². The van der Waals surface area contributed by atoms with E-state index in [4.69, 9.17) is 9.15 Å². The van der Waals surface area contributed by atoms with Gasteiger partial charge in [0.15, 0.2) is 5.16 Å². The van der Waals surface area contributed by atoms with Gasteiger partial charge in [-0.1, -0.05) is 23.9 Å². The average Bonchev–Trinajstić information content (AvgIpc) is 3.21. The highest BCUT2D eigenvalue weighted by atomic mass is 32.2. The zero-order valence-corrected chi connectivity index (χ0v) is 18.2. The van der Waals surface area contributed by atoms with E-state index < -0.39 is 0 Å². The van der Waals surface area contributed by atoms with Gasteiger partial charge < -0.3 is 9.15 Å². The number of hydrogen-bond donors (Lipinski definition) is 1. The number of benzene rings is 1. The molecule has 0 aliphatic heterocycles. The van der Waals surface area contributed by atoms with Crippen LogP contribution in [0.2, 0.25) is 0 Å². The van der Waals surface area contributed by atoms with Crippen LogP contribution in [0.4, 0.5) is 0 Å². The van der Waals surface area contributed by atoms with Gasteiger partial charge in [-0.25, -0.2) is 20.2 Å². The number of rotatable bonds is 8. The third kappa shape index (κ3) is 6.51. The first-order valence-corrected chi connectivity index (χ1v) is 10.6. The van der Waals surface area contributed by atoms with Crippen LogP contribution < -0.4 is 5.43 Å². The van der Waals surface area contributed by atoms with Crippen LogP contribution in [-0.2, 0) is 9.53 Å². The molecule has 160 valence electrons. The number of nitrogens with zero attached hydrogens (tertiary/aromatic N) is 3. The fourth-order valence-electron chi connectivity index (χ4n) is 2.65. The molecule has 0 bridgehead atoms. The smallest absolute Gasteiger partial charge is 0.338 e. The van der Waals surface area contributed by atoms with Gasteiger partial charge in [0.1, 0.15) is 11.5 Å². The molecule has 9 heteroatoms. The van der Waals surface area contributed by atoms with Crippen LogP contribution in [0.3, 0.4) is 0 Å². The maximum absolute atomic E-state index is 12.0. The van der Waals surface area contributed by atoms with E-state index in [0.29, 0.717) is 28.8 Å². The molecule has 2 aromatic heterocycles. The molecule has 31 heavy (non-hydrogen) atoms. The number of aromatic nitrogens is 2. The van der Waals surface area contributed by atoms with Gasteiger partial charge in [0.25, 0.3) is 5.91 Å². The lowest BCUT2D eigenvalue weighted by molar-refractivity contribution is -0.118. The van der Waals surface area contributed by atoms with Crippen molar-refractivity contribution in [3.05, 3.63) is 65.2 Å². The maximum Gasteiger partial charge on any atom is 0.338 e. The molecule has 0 aliphatic carbocycles. The minimum atomic E-state index is -0.362. The van der Waals surface area contributed by atoms with Crippen LogP contribution in [0.25, 0.3) is 11.3 Å². The Morgan fingerprint density at radius 1 is 1.13 bits per heavy atom. The number of furan rings is 1. The van der Waals surface area contributed by atoms with Crippen molar-refractivity contribution in [2.75, 3.05) is 12.4 Å². The number of thioether (sulfide) groups is 1. The predicted molar refractivity (Wildman–Crippen MR) is 118 cm³/mol. The van der Waals surface area contributed by atoms with Gasteiger partial charge in [-0.3, -0.25) is 4.79 Å². The lowest BCUT2D eigenvalue weighted by Gasteiger charge is -2.02. The first kappa shape index (κ1) is 22.2. The molecule has 0 unspecified atom stereocenters. The number of amides is 1. The first-order valence-electron chi connectivity index (χ1n) is 9.59. The van der Waals surface area contributed by atoms with Gasteiger partial charge in [0.05, 0.1) is 24.1 Å². The first-order chi connectivity index (χ1) is 14.9. The third-order valence-corrected chi connectivity index (χ3v) is 4.83. The molecule has 3 rings (SSSR count). The Balaban J connectivity index is 1.52. The largest absolute Gasteiger partial charge is 0.462 e. The summed E-state index contributed by atoms with van der Waals surface area (Å²) in [6.07, 6.45) is 1.42. The fourth-order valence-corrected chi connectivity index (χ4v) is 3.39. The molecule has 1 aromatic carbocycles. The van der Waals surface area contributed by atoms with Crippen molar-refractivity contribution >= 4 is 29.9 Å². The molecule has 0 spiro atoms. The van der Waals surface area contributed by atoms with E-state index in [1.54, 1.807) is 43.3 Å². The zero-order chi connectivity index (χ0) is 22.2. The normalized spacial score (nSPS) is 10.9. The Morgan fingerprint density at radius 3 is 2.52 bits per heavy atom. The Kier molecular flexibility index (Phi) is 7.55. The maximum atomic E-state index is 12.0. The summed E-state index contributed by atoms with van der Waals surface area (Å²) < 4.78 is 10.7. The molecular weight excluding hydrogens is 416 g/mol. The average molecular weight is 439 g/mol. The summed E-state index contributed by atoms with van der Waals surface area (Å²) in [4.78, 5) is 32.3. The summed E-state index contributed by atoms with van der Waals surface area (Å²) in [6.45, 7) is 5.86. The number of aryl methyl sites for hydroxylation is 2. The van der Waals surface area contributed by atoms with E-state index in [0.717, 1.165) is 17.0 Å². The van der Waals surface area contributed by atoms with Crippen molar-refractivity contribution in [1.82, 2.24) is 15.4 Å². The SMILES string of the molecule is CCOC(=O)c1ccc(-c2ccc(/C=N/NC(=O)CSc3nc(C)cc(C)n3)o2)cc1. The molecule has 1 N–H and O–H groups in total. The van der Waals surface area contributed by atoms with Crippen LogP contribution in [-0.4, -0.2) is 40.4 Å². The highest BCUT2D eigenvalue weighted by Crippen LogP contribution is 2.22. The second kappa shape index (κ2) is 10.5. The van der Waals surface area contributed by atoms with E-state index in [2.05, 4.69) is 20.5 Å². The Hall–Kier alpha value is -3.46. The van der Waals surface area contributed by atoms with Gasteiger partial charge in [0, 0.05) is 17.0 Å². The van der Waals surface area contributed by atoms with E-state index in [1.165, 1.54) is 18.0 Å². The summed E-state index contributed by atoms with van der Waals surface area (Å²) in [5, 5.41) is 4.48. The second-order valence-electron chi connectivity index (χ2n) is 6.51. The van der Waals surface area contributed by atoms with Crippen LogP contribution in [0, 0.1) is 13.8 Å².